The van der Waals surface area contributed by atoms with Crippen LogP contribution in [0.15, 0.2) is 53.4 Å². The molecule has 0 radical (unpaired) electrons. The van der Waals surface area contributed by atoms with Crippen LogP contribution in [0, 0.1) is 0 Å². The van der Waals surface area contributed by atoms with Crippen LogP contribution in [0.25, 0.3) is 0 Å². The summed E-state index contributed by atoms with van der Waals surface area (Å²) in [6, 6.07) is 15.1. The minimum absolute atomic E-state index is 0.282. The van der Waals surface area contributed by atoms with Gasteiger partial charge in [0.25, 0.3) is 5.91 Å². The highest BCUT2D eigenvalue weighted by atomic mass is 32.2. The molecule has 0 unspecified atom stereocenters. The van der Waals surface area contributed by atoms with Crippen molar-refractivity contribution in [3.63, 3.8) is 0 Å². The second kappa shape index (κ2) is 6.26. The van der Waals surface area contributed by atoms with Crippen molar-refractivity contribution in [1.29, 1.82) is 0 Å². The maximum Gasteiger partial charge on any atom is 0.265 e. The summed E-state index contributed by atoms with van der Waals surface area (Å²) in [4.78, 5) is 12.4. The minimum Gasteiger partial charge on any atom is -0.399 e. The van der Waals surface area contributed by atoms with E-state index in [1.807, 2.05) is 36.4 Å². The number of rotatable bonds is 4. The van der Waals surface area contributed by atoms with Crippen molar-refractivity contribution in [2.24, 2.45) is 5.84 Å². The van der Waals surface area contributed by atoms with E-state index in [0.29, 0.717) is 5.56 Å². The predicted molar refractivity (Wildman–Crippen MR) is 78.5 cm³/mol. The molecule has 5 N–H and O–H groups in total. The summed E-state index contributed by atoms with van der Waals surface area (Å²) in [6.07, 6.45) is 0. The Hall–Kier alpha value is -1.98. The maximum atomic E-state index is 11.3. The van der Waals surface area contributed by atoms with Crippen molar-refractivity contribution in [3.05, 3.63) is 59.7 Å². The molecule has 2 aromatic carbocycles. The van der Waals surface area contributed by atoms with Crippen LogP contribution in [0.1, 0.15) is 15.9 Å². The number of benzene rings is 2. The molecule has 0 aliphatic rings. The third kappa shape index (κ3) is 3.74. The molecule has 0 saturated heterocycles. The smallest absolute Gasteiger partial charge is 0.265 e. The summed E-state index contributed by atoms with van der Waals surface area (Å²) in [5.41, 5.74) is 10.3. The number of carbonyl (C=O) groups is 1. The Morgan fingerprint density at radius 2 is 1.89 bits per heavy atom. The Labute approximate surface area is 116 Å². The summed E-state index contributed by atoms with van der Waals surface area (Å²) in [5.74, 6) is 5.62. The Morgan fingerprint density at radius 3 is 2.53 bits per heavy atom. The Kier molecular flexibility index (Phi) is 4.43. The monoisotopic (exact) mass is 273 g/mol. The third-order valence-corrected chi connectivity index (χ3v) is 3.68. The van der Waals surface area contributed by atoms with Gasteiger partial charge < -0.3 is 5.73 Å². The van der Waals surface area contributed by atoms with Crippen LogP contribution >= 0.6 is 11.8 Å². The van der Waals surface area contributed by atoms with Gasteiger partial charge in [-0.3, -0.25) is 10.2 Å². The maximum absolute atomic E-state index is 11.3. The average molecular weight is 273 g/mol. The van der Waals surface area contributed by atoms with Gasteiger partial charge in [0.05, 0.1) is 0 Å². The summed E-state index contributed by atoms with van der Waals surface area (Å²) < 4.78 is 0. The van der Waals surface area contributed by atoms with Gasteiger partial charge in [-0.05, 0) is 35.9 Å². The molecule has 0 bridgehead atoms. The number of amides is 1. The standard InChI is InChI=1S/C14H15N3OS/c15-12-2-1-3-13(8-12)19-9-10-4-6-11(7-5-10)14(18)17-16/h1-8H,9,15-16H2,(H,17,18). The molecule has 4 nitrogen and oxygen atoms in total. The first-order chi connectivity index (χ1) is 9.19. The van der Waals surface area contributed by atoms with Gasteiger partial charge in [-0.1, -0.05) is 18.2 Å². The minimum atomic E-state index is -0.282. The Bertz CT molecular complexity index is 569. The van der Waals surface area contributed by atoms with Crippen molar-refractivity contribution in [2.45, 2.75) is 10.6 Å². The van der Waals surface area contributed by atoms with Crippen LogP contribution in [-0.2, 0) is 5.75 Å². The zero-order valence-electron chi connectivity index (χ0n) is 10.3. The number of carbonyl (C=O) groups excluding carboxylic acids is 1. The van der Waals surface area contributed by atoms with E-state index in [4.69, 9.17) is 11.6 Å². The van der Waals surface area contributed by atoms with E-state index < -0.39 is 0 Å². The van der Waals surface area contributed by atoms with Crippen LogP contribution in [0.4, 0.5) is 5.69 Å². The van der Waals surface area contributed by atoms with Gasteiger partial charge in [-0.25, -0.2) is 5.84 Å². The number of anilines is 1. The Balaban J connectivity index is 1.98. The average Bonchev–Trinajstić information content (AvgIpc) is 2.45. The van der Waals surface area contributed by atoms with E-state index in [9.17, 15) is 4.79 Å². The summed E-state index contributed by atoms with van der Waals surface area (Å²) in [5, 5.41) is 0. The second-order valence-electron chi connectivity index (χ2n) is 4.03. The van der Waals surface area contributed by atoms with Gasteiger partial charge in [0.15, 0.2) is 0 Å². The van der Waals surface area contributed by atoms with E-state index >= 15 is 0 Å². The van der Waals surface area contributed by atoms with Crippen LogP contribution < -0.4 is 17.0 Å². The van der Waals surface area contributed by atoms with Gasteiger partial charge in [-0.15, -0.1) is 11.8 Å². The highest BCUT2D eigenvalue weighted by Gasteiger charge is 2.03. The van der Waals surface area contributed by atoms with E-state index in [0.717, 1.165) is 21.9 Å². The van der Waals surface area contributed by atoms with Crippen LogP contribution in [0.5, 0.6) is 0 Å². The molecule has 0 heterocycles. The lowest BCUT2D eigenvalue weighted by atomic mass is 10.1. The van der Waals surface area contributed by atoms with Crippen LogP contribution in [0.3, 0.4) is 0 Å². The normalized spacial score (nSPS) is 10.2. The van der Waals surface area contributed by atoms with Gasteiger partial charge in [0.1, 0.15) is 0 Å². The summed E-state index contributed by atoms with van der Waals surface area (Å²) in [6.45, 7) is 0. The molecule has 19 heavy (non-hydrogen) atoms. The first-order valence-electron chi connectivity index (χ1n) is 5.77. The fourth-order valence-electron chi connectivity index (χ4n) is 1.61. The molecule has 0 aromatic heterocycles. The lowest BCUT2D eigenvalue weighted by molar-refractivity contribution is 0.0953. The zero-order valence-corrected chi connectivity index (χ0v) is 11.1. The molecule has 0 spiro atoms. The molecule has 2 aromatic rings. The quantitative estimate of drug-likeness (QED) is 0.262. The van der Waals surface area contributed by atoms with Crippen molar-refractivity contribution < 1.29 is 4.79 Å². The van der Waals surface area contributed by atoms with E-state index in [1.54, 1.807) is 23.9 Å². The lowest BCUT2D eigenvalue weighted by Gasteiger charge is -2.04. The van der Waals surface area contributed by atoms with Gasteiger partial charge in [0.2, 0.25) is 0 Å². The molecule has 0 saturated carbocycles. The fraction of sp³-hybridized carbons (Fsp3) is 0.0714. The molecule has 0 aliphatic heterocycles. The number of hydrogen-bond donors (Lipinski definition) is 3. The second-order valence-corrected chi connectivity index (χ2v) is 5.08. The summed E-state index contributed by atoms with van der Waals surface area (Å²) >= 11 is 1.70. The molecule has 1 amide bonds. The first-order valence-corrected chi connectivity index (χ1v) is 6.76. The van der Waals surface area contributed by atoms with Crippen molar-refractivity contribution in [1.82, 2.24) is 5.43 Å². The van der Waals surface area contributed by atoms with E-state index in [2.05, 4.69) is 5.43 Å². The number of hydrazine groups is 1. The topological polar surface area (TPSA) is 81.1 Å². The van der Waals surface area contributed by atoms with E-state index in [-0.39, 0.29) is 5.91 Å². The first kappa shape index (κ1) is 13.5. The number of nitrogens with one attached hydrogen (secondary N) is 1. The van der Waals surface area contributed by atoms with Crippen molar-refractivity contribution in [3.8, 4) is 0 Å². The number of nitrogen functional groups attached to an aromatic ring is 2. The van der Waals surface area contributed by atoms with Crippen LogP contribution in [-0.4, -0.2) is 5.91 Å². The predicted octanol–water partition coefficient (Wildman–Crippen LogP) is 2.16. The van der Waals surface area contributed by atoms with Gasteiger partial charge >= 0.3 is 0 Å². The van der Waals surface area contributed by atoms with Crippen molar-refractivity contribution in [2.75, 3.05) is 5.73 Å². The van der Waals surface area contributed by atoms with Crippen LogP contribution in [0.2, 0.25) is 0 Å². The molecule has 0 aliphatic carbocycles. The molecule has 2 rings (SSSR count). The van der Waals surface area contributed by atoms with Gasteiger partial charge in [0, 0.05) is 21.9 Å². The van der Waals surface area contributed by atoms with Gasteiger partial charge in [-0.2, -0.15) is 0 Å². The SMILES string of the molecule is NNC(=O)c1ccc(CSc2cccc(N)c2)cc1. The molecule has 98 valence electrons. The number of thioether (sulfide) groups is 1. The molecular formula is C14H15N3OS. The lowest BCUT2D eigenvalue weighted by Crippen LogP contribution is -2.29. The third-order valence-electron chi connectivity index (χ3n) is 2.61. The molecule has 0 fully saturated rings. The van der Waals surface area contributed by atoms with Crippen molar-refractivity contribution >= 4 is 23.4 Å². The molecular weight excluding hydrogens is 258 g/mol. The highest BCUT2D eigenvalue weighted by molar-refractivity contribution is 7.98. The molecule has 0 atom stereocenters. The number of hydrogen-bond acceptors (Lipinski definition) is 4. The molecule has 5 heteroatoms. The highest BCUT2D eigenvalue weighted by Crippen LogP contribution is 2.24. The number of nitrogens with two attached hydrogens (primary N) is 2. The van der Waals surface area contributed by atoms with E-state index in [1.165, 1.54) is 0 Å². The largest absolute Gasteiger partial charge is 0.399 e. The Morgan fingerprint density at radius 1 is 1.16 bits per heavy atom. The summed E-state index contributed by atoms with van der Waals surface area (Å²) in [7, 11) is 0. The zero-order chi connectivity index (χ0) is 13.7. The fourth-order valence-corrected chi connectivity index (χ4v) is 2.53.